The van der Waals surface area contributed by atoms with Gasteiger partial charge in [-0.2, -0.15) is 13.2 Å². The predicted molar refractivity (Wildman–Crippen MR) is 321 cm³/mol. The minimum Gasteiger partial charge on any atom is -0.489 e. The monoisotopic (exact) mass is 1310 g/mol. The maximum absolute atomic E-state index is 14.8. The number of halogens is 5. The van der Waals surface area contributed by atoms with E-state index in [2.05, 4.69) is 29.2 Å². The second kappa shape index (κ2) is 42.2. The number of alkyl halides is 3. The number of esters is 3. The molecule has 0 saturated carbocycles. The Morgan fingerprint density at radius 1 is 0.578 bits per heavy atom. The molecule has 2 heterocycles. The van der Waals surface area contributed by atoms with Crippen molar-refractivity contribution in [2.75, 3.05) is 106 Å². The number of carbonyl (C=O) groups is 4. The largest absolute Gasteiger partial charge is 0.490 e. The molecule has 0 aliphatic rings. The fraction of sp³-hybridized carbons (Fsp3) is 0.377. The van der Waals surface area contributed by atoms with Gasteiger partial charge >= 0.3 is 36.3 Å². The molecule has 0 aliphatic heterocycles. The van der Waals surface area contributed by atoms with E-state index in [0.29, 0.717) is 56.2 Å². The molecule has 6 aromatic rings. The van der Waals surface area contributed by atoms with E-state index in [1.807, 2.05) is 6.07 Å². The summed E-state index contributed by atoms with van der Waals surface area (Å²) >= 11 is 2.52. The average Bonchev–Trinajstić information content (AvgIpc) is 0.798. The van der Waals surface area contributed by atoms with Crippen molar-refractivity contribution >= 4 is 86.9 Å². The molecule has 3 N–H and O–H groups in total. The fourth-order valence-corrected chi connectivity index (χ4v) is 9.18. The summed E-state index contributed by atoms with van der Waals surface area (Å²) in [4.78, 5) is 67.1. The van der Waals surface area contributed by atoms with Gasteiger partial charge in [0, 0.05) is 38.4 Å². The van der Waals surface area contributed by atoms with Crippen LogP contribution in [0.3, 0.4) is 0 Å². The second-order valence-electron chi connectivity index (χ2n) is 17.5. The molecule has 0 spiro atoms. The van der Waals surface area contributed by atoms with Crippen LogP contribution in [0.5, 0.6) is 11.5 Å². The van der Waals surface area contributed by atoms with E-state index in [4.69, 9.17) is 73.7 Å². The SMILES string of the molecule is C=CC(=O)OCCOCCOC(C)OCC(COc1ccc(F)c2c(=O)c3ccccc3sc12)OC(C)OCCOCCOC(=O)C=C.O=C(O)C(F)(F)F.O=c1c2ccccc2sc2c(OCC(O)CO)ccc(F)c12.[CH+]=COCCOCCOC(=O)C=C. The Bertz CT molecular complexity index is 3380. The number of benzene rings is 4. The first-order valence-electron chi connectivity index (χ1n) is 27.0. The summed E-state index contributed by atoms with van der Waals surface area (Å²) in [6.07, 6.45) is -3.77. The Kier molecular flexibility index (Phi) is 35.8. The molecule has 0 bridgehead atoms. The molecule has 90 heavy (non-hydrogen) atoms. The molecule has 29 heteroatoms. The molecule has 0 amide bonds. The van der Waals surface area contributed by atoms with Crippen LogP contribution in [0.15, 0.2) is 127 Å². The lowest BCUT2D eigenvalue weighted by atomic mass is 10.1. The number of carboxylic acids is 1. The summed E-state index contributed by atoms with van der Waals surface area (Å²) in [5.74, 6) is -4.84. The minimum atomic E-state index is -5.08. The zero-order chi connectivity index (χ0) is 66.4. The maximum atomic E-state index is 14.8. The van der Waals surface area contributed by atoms with Gasteiger partial charge < -0.3 is 76.9 Å². The van der Waals surface area contributed by atoms with Crippen molar-refractivity contribution in [1.29, 1.82) is 0 Å². The van der Waals surface area contributed by atoms with Crippen molar-refractivity contribution in [2.24, 2.45) is 0 Å². The fourth-order valence-electron chi connectivity index (χ4n) is 6.86. The van der Waals surface area contributed by atoms with Crippen molar-refractivity contribution < 1.29 is 118 Å². The molecule has 0 radical (unpaired) electrons. The van der Waals surface area contributed by atoms with Gasteiger partial charge in [0.1, 0.15) is 75.0 Å². The number of carbonyl (C=O) groups excluding carboxylic acids is 3. The van der Waals surface area contributed by atoms with Crippen LogP contribution in [0.4, 0.5) is 22.0 Å². The summed E-state index contributed by atoms with van der Waals surface area (Å²) in [6.45, 7) is 20.6. The van der Waals surface area contributed by atoms with E-state index in [-0.39, 0.29) is 95.5 Å². The molecular weight excluding hydrogens is 1240 g/mol. The lowest BCUT2D eigenvalue weighted by Crippen LogP contribution is -2.34. The van der Waals surface area contributed by atoms with E-state index in [0.717, 1.165) is 29.2 Å². The van der Waals surface area contributed by atoms with E-state index in [1.54, 1.807) is 56.3 Å². The summed E-state index contributed by atoms with van der Waals surface area (Å²) in [5, 5.41) is 26.2. The van der Waals surface area contributed by atoms with Crippen LogP contribution in [0, 0.1) is 18.2 Å². The maximum Gasteiger partial charge on any atom is 0.490 e. The number of aliphatic carboxylic acids is 1. The van der Waals surface area contributed by atoms with Gasteiger partial charge in [-0.1, -0.05) is 44.0 Å². The quantitative estimate of drug-likeness (QED) is 0.00385. The van der Waals surface area contributed by atoms with Crippen molar-refractivity contribution in [3.63, 3.8) is 0 Å². The average molecular weight is 1310 g/mol. The molecule has 0 fully saturated rings. The molecule has 0 aliphatic carbocycles. The normalized spacial score (nSPS) is 12.3. The summed E-state index contributed by atoms with van der Waals surface area (Å²) < 4.78 is 132. The first-order chi connectivity index (χ1) is 43.1. The highest BCUT2D eigenvalue weighted by Crippen LogP contribution is 2.35. The third-order valence-corrected chi connectivity index (χ3v) is 13.4. The van der Waals surface area contributed by atoms with Gasteiger partial charge in [-0.25, -0.2) is 28.0 Å². The molecule has 22 nitrogen and oxygen atoms in total. The van der Waals surface area contributed by atoms with Crippen LogP contribution >= 0.6 is 22.7 Å². The predicted octanol–water partition coefficient (Wildman–Crippen LogP) is 8.17. The zero-order valence-corrected chi connectivity index (χ0v) is 50.5. The van der Waals surface area contributed by atoms with Crippen molar-refractivity contribution in [1.82, 2.24) is 0 Å². The number of rotatable bonds is 36. The third-order valence-electron chi connectivity index (χ3n) is 11.0. The number of hydrogen-bond acceptors (Lipinski definition) is 23. The smallest absolute Gasteiger partial charge is 0.489 e. The van der Waals surface area contributed by atoms with Crippen LogP contribution in [-0.2, 0) is 71.3 Å². The Labute approximate surface area is 520 Å². The van der Waals surface area contributed by atoms with Gasteiger partial charge in [0.2, 0.25) is 6.58 Å². The van der Waals surface area contributed by atoms with Gasteiger partial charge in [-0.05, 0) is 62.4 Å². The van der Waals surface area contributed by atoms with Gasteiger partial charge in [0.15, 0.2) is 23.4 Å². The Balaban J connectivity index is 0.000000407. The van der Waals surface area contributed by atoms with Crippen molar-refractivity contribution in [2.45, 2.75) is 44.8 Å². The van der Waals surface area contributed by atoms with E-state index in [9.17, 15) is 51.0 Å². The molecule has 4 aromatic carbocycles. The zero-order valence-electron chi connectivity index (χ0n) is 48.9. The number of aliphatic hydroxyl groups is 2. The third kappa shape index (κ3) is 27.9. The summed E-state index contributed by atoms with van der Waals surface area (Å²) in [7, 11) is 0. The Morgan fingerprint density at radius 3 is 1.39 bits per heavy atom. The molecule has 6 rings (SSSR count). The first kappa shape index (κ1) is 76.3. The molecule has 0 saturated heterocycles. The highest BCUT2D eigenvalue weighted by atomic mass is 32.1. The number of carboxylic acid groups (broad SMARTS) is 1. The van der Waals surface area contributed by atoms with E-state index < -0.39 is 78.5 Å². The Hall–Kier alpha value is -7.90. The molecule has 2 aromatic heterocycles. The van der Waals surface area contributed by atoms with Crippen molar-refractivity contribution in [3.8, 4) is 11.5 Å². The standard InChI is InChI=1S/C34H41FO12S.C16H13FO4S.C9H13O4.C2HF3O2/c1-5-30(36)43-19-15-39-13-17-41-23(3)45-21-25(47-24(4)42-18-14-40-16-20-44-31(37)6-2)22-46-28-12-11-27(35)32-33(38)26-9-7-8-10-29(26)48-34(28)32;17-11-5-6-12(21-8-9(19)7-18)16-14(11)15(20)10-3-1-2-4-13(10)22-16;1-3-9(10)13-8-7-12-6-5-11-4-2;3-2(4,5)1(6)7/h5-12,23-25H,1-2,13-22H2,3-4H3;1-6,9,18-19H,7-8H2;2-4H,1,5-8H2;(H,6,7)/q;;+1;. The highest BCUT2D eigenvalue weighted by Gasteiger charge is 2.38. The topological polar surface area (TPSA) is 283 Å². The number of ether oxygens (including phenoxy) is 13. The van der Waals surface area contributed by atoms with Crippen LogP contribution in [-0.4, -0.2) is 176 Å². The lowest BCUT2D eigenvalue weighted by Gasteiger charge is -2.24. The van der Waals surface area contributed by atoms with Gasteiger partial charge in [0.25, 0.3) is 0 Å². The van der Waals surface area contributed by atoms with Gasteiger partial charge in [-0.3, -0.25) is 9.59 Å². The first-order valence-corrected chi connectivity index (χ1v) is 28.6. The van der Waals surface area contributed by atoms with E-state index in [1.165, 1.54) is 46.9 Å². The summed E-state index contributed by atoms with van der Waals surface area (Å²) in [5.41, 5.74) is -0.788. The lowest BCUT2D eigenvalue weighted by molar-refractivity contribution is -0.208. The van der Waals surface area contributed by atoms with Gasteiger partial charge in [-0.15, -0.1) is 22.7 Å². The molecule has 4 unspecified atom stereocenters. The number of aliphatic hydroxyl groups excluding tert-OH is 2. The highest BCUT2D eigenvalue weighted by molar-refractivity contribution is 7.25. The molecular formula is C61H68F5O22S2+. The number of hydrogen-bond donors (Lipinski definition) is 3. The van der Waals surface area contributed by atoms with Crippen LogP contribution in [0.1, 0.15) is 13.8 Å². The van der Waals surface area contributed by atoms with Crippen LogP contribution in [0.2, 0.25) is 0 Å². The van der Waals surface area contributed by atoms with E-state index >= 15 is 0 Å². The Morgan fingerprint density at radius 2 is 0.978 bits per heavy atom. The molecule has 4 atom stereocenters. The number of fused-ring (bicyclic) bond motifs is 4. The minimum absolute atomic E-state index is 0.0142. The second-order valence-corrected chi connectivity index (χ2v) is 19.6. The van der Waals surface area contributed by atoms with Gasteiger partial charge in [0.05, 0.1) is 86.2 Å². The molecule has 490 valence electrons. The van der Waals surface area contributed by atoms with Crippen LogP contribution < -0.4 is 20.3 Å². The van der Waals surface area contributed by atoms with Crippen molar-refractivity contribution in [3.05, 3.63) is 156 Å². The summed E-state index contributed by atoms with van der Waals surface area (Å²) in [6, 6.07) is 19.3. The van der Waals surface area contributed by atoms with Crippen LogP contribution in [0.25, 0.3) is 40.3 Å².